The fraction of sp³-hybridized carbons (Fsp3) is 0.174. The summed E-state index contributed by atoms with van der Waals surface area (Å²) in [7, 11) is 0. The molecule has 0 saturated carbocycles. The third-order valence-corrected chi connectivity index (χ3v) is 6.89. The van der Waals surface area contributed by atoms with Crippen molar-refractivity contribution in [2.45, 2.75) is 24.8 Å². The van der Waals surface area contributed by atoms with Gasteiger partial charge in [0.05, 0.1) is 16.8 Å². The number of carbonyl (C=O) groups is 1. The van der Waals surface area contributed by atoms with Crippen LogP contribution in [0.2, 0.25) is 5.02 Å². The van der Waals surface area contributed by atoms with Crippen LogP contribution < -0.4 is 4.90 Å². The molecule has 0 unspecified atom stereocenters. The molecule has 0 spiro atoms. The minimum atomic E-state index is -0.269. The van der Waals surface area contributed by atoms with Gasteiger partial charge in [-0.05, 0) is 60.5 Å². The third-order valence-electron chi connectivity index (χ3n) is 4.63. The molecule has 2 aromatic carbocycles. The van der Waals surface area contributed by atoms with Crippen molar-refractivity contribution in [3.8, 4) is 0 Å². The zero-order chi connectivity index (χ0) is 21.8. The number of amides is 1. The maximum absolute atomic E-state index is 13.2. The van der Waals surface area contributed by atoms with Gasteiger partial charge in [0.2, 0.25) is 5.91 Å². The number of rotatable bonds is 7. The van der Waals surface area contributed by atoms with Crippen LogP contribution in [-0.4, -0.2) is 21.6 Å². The first-order valence-corrected chi connectivity index (χ1v) is 11.8. The van der Waals surface area contributed by atoms with Crippen LogP contribution in [0.15, 0.2) is 65.8 Å². The maximum atomic E-state index is 13.2. The number of anilines is 1. The summed E-state index contributed by atoms with van der Waals surface area (Å²) in [6.07, 6.45) is 3.79. The molecule has 0 aliphatic rings. The number of thiazole rings is 1. The maximum Gasteiger partial charge on any atom is 0.229 e. The molecule has 0 aliphatic carbocycles. The summed E-state index contributed by atoms with van der Waals surface area (Å²) in [6, 6.07) is 13.8. The Balaban J connectivity index is 1.55. The third kappa shape index (κ3) is 5.42. The Morgan fingerprint density at radius 2 is 2.03 bits per heavy atom. The Labute approximate surface area is 193 Å². The molecule has 0 N–H and O–H groups in total. The summed E-state index contributed by atoms with van der Waals surface area (Å²) in [4.78, 5) is 24.7. The molecule has 8 heteroatoms. The summed E-state index contributed by atoms with van der Waals surface area (Å²) in [5.41, 5.74) is 2.76. The number of aryl methyl sites for hydroxylation is 1. The van der Waals surface area contributed by atoms with E-state index in [1.54, 1.807) is 29.4 Å². The number of aromatic nitrogens is 2. The molecule has 0 atom stereocenters. The van der Waals surface area contributed by atoms with Crippen molar-refractivity contribution in [3.63, 3.8) is 0 Å². The zero-order valence-corrected chi connectivity index (χ0v) is 19.1. The molecule has 2 heterocycles. The van der Waals surface area contributed by atoms with Crippen molar-refractivity contribution < 1.29 is 9.18 Å². The van der Waals surface area contributed by atoms with Crippen LogP contribution in [0.3, 0.4) is 0 Å². The summed E-state index contributed by atoms with van der Waals surface area (Å²) in [5.74, 6) is 0.291. The van der Waals surface area contributed by atoms with Gasteiger partial charge in [0.15, 0.2) is 5.13 Å². The first kappa shape index (κ1) is 21.7. The van der Waals surface area contributed by atoms with E-state index >= 15 is 0 Å². The highest BCUT2D eigenvalue weighted by atomic mass is 35.5. The van der Waals surface area contributed by atoms with Gasteiger partial charge in [0.1, 0.15) is 5.82 Å². The second-order valence-electron chi connectivity index (χ2n) is 6.96. The molecule has 31 heavy (non-hydrogen) atoms. The predicted molar refractivity (Wildman–Crippen MR) is 127 cm³/mol. The van der Waals surface area contributed by atoms with E-state index in [2.05, 4.69) is 4.98 Å². The van der Waals surface area contributed by atoms with Crippen LogP contribution in [0.1, 0.15) is 17.5 Å². The lowest BCUT2D eigenvalue weighted by Gasteiger charge is -2.20. The number of hydrogen-bond donors (Lipinski definition) is 0. The zero-order valence-electron chi connectivity index (χ0n) is 16.7. The lowest BCUT2D eigenvalue weighted by Crippen LogP contribution is -2.30. The van der Waals surface area contributed by atoms with Gasteiger partial charge >= 0.3 is 0 Å². The average Bonchev–Trinajstić information content (AvgIpc) is 3.18. The molecular weight excluding hydrogens is 453 g/mol. The number of nitrogens with zero attached hydrogens (tertiary/aromatic N) is 3. The van der Waals surface area contributed by atoms with E-state index in [0.29, 0.717) is 28.9 Å². The summed E-state index contributed by atoms with van der Waals surface area (Å²) in [6.45, 7) is 2.35. The first-order chi connectivity index (χ1) is 15.0. The van der Waals surface area contributed by atoms with Gasteiger partial charge in [-0.15, -0.1) is 11.8 Å². The highest BCUT2D eigenvalue weighted by Crippen LogP contribution is 2.34. The molecule has 158 valence electrons. The van der Waals surface area contributed by atoms with Crippen molar-refractivity contribution in [2.24, 2.45) is 0 Å². The lowest BCUT2D eigenvalue weighted by molar-refractivity contribution is -0.118. The number of carbonyl (C=O) groups excluding carboxylic acids is 1. The first-order valence-electron chi connectivity index (χ1n) is 9.64. The monoisotopic (exact) mass is 471 g/mol. The van der Waals surface area contributed by atoms with E-state index in [9.17, 15) is 9.18 Å². The Kier molecular flexibility index (Phi) is 6.85. The van der Waals surface area contributed by atoms with Gasteiger partial charge in [-0.3, -0.25) is 14.7 Å². The minimum Gasteiger partial charge on any atom is -0.284 e. The standard InChI is InChI=1S/C23H19ClFN3OS2/c1-15-11-17(24)12-20-22(15)27-23(31-20)28(14-16-3-2-9-26-13-16)21(29)8-10-30-19-6-4-18(25)5-7-19/h2-7,9,11-13H,8,10,14H2,1H3. The van der Waals surface area contributed by atoms with E-state index in [1.807, 2.05) is 31.2 Å². The van der Waals surface area contributed by atoms with Crippen LogP contribution in [-0.2, 0) is 11.3 Å². The molecule has 2 aromatic heterocycles. The second kappa shape index (κ2) is 9.77. The van der Waals surface area contributed by atoms with Crippen molar-refractivity contribution >= 4 is 56.0 Å². The smallest absolute Gasteiger partial charge is 0.229 e. The SMILES string of the molecule is Cc1cc(Cl)cc2sc(N(Cc3cccnc3)C(=O)CCSc3ccc(F)cc3)nc12. The Bertz CT molecular complexity index is 1200. The van der Waals surface area contributed by atoms with Gasteiger partial charge in [-0.1, -0.05) is 29.0 Å². The molecular formula is C23H19ClFN3OS2. The summed E-state index contributed by atoms with van der Waals surface area (Å²) in [5, 5.41) is 1.29. The number of fused-ring (bicyclic) bond motifs is 1. The van der Waals surface area contributed by atoms with Gasteiger partial charge in [-0.25, -0.2) is 9.37 Å². The number of pyridine rings is 1. The number of thioether (sulfide) groups is 1. The van der Waals surface area contributed by atoms with E-state index in [-0.39, 0.29) is 11.7 Å². The topological polar surface area (TPSA) is 46.1 Å². The molecule has 0 fully saturated rings. The Morgan fingerprint density at radius 1 is 1.23 bits per heavy atom. The normalized spacial score (nSPS) is 11.1. The van der Waals surface area contributed by atoms with E-state index in [4.69, 9.17) is 16.6 Å². The molecule has 0 saturated heterocycles. The van der Waals surface area contributed by atoms with Crippen LogP contribution >= 0.6 is 34.7 Å². The van der Waals surface area contributed by atoms with E-state index < -0.39 is 0 Å². The fourth-order valence-corrected chi connectivity index (χ4v) is 5.39. The van der Waals surface area contributed by atoms with Crippen molar-refractivity contribution in [1.29, 1.82) is 0 Å². The quantitative estimate of drug-likeness (QED) is 0.288. The number of halogens is 2. The summed E-state index contributed by atoms with van der Waals surface area (Å²) >= 11 is 9.18. The molecule has 0 aliphatic heterocycles. The molecule has 1 amide bonds. The molecule has 0 radical (unpaired) electrons. The van der Waals surface area contributed by atoms with Crippen molar-refractivity contribution in [2.75, 3.05) is 10.7 Å². The van der Waals surface area contributed by atoms with Crippen molar-refractivity contribution in [1.82, 2.24) is 9.97 Å². The van der Waals surface area contributed by atoms with Gasteiger partial charge in [0, 0.05) is 34.5 Å². The summed E-state index contributed by atoms with van der Waals surface area (Å²) < 4.78 is 14.0. The van der Waals surface area contributed by atoms with E-state index in [1.165, 1.54) is 35.2 Å². The van der Waals surface area contributed by atoms with E-state index in [0.717, 1.165) is 26.2 Å². The molecule has 4 nitrogen and oxygen atoms in total. The highest BCUT2D eigenvalue weighted by Gasteiger charge is 2.21. The molecule has 4 rings (SSSR count). The molecule has 0 bridgehead atoms. The van der Waals surface area contributed by atoms with Crippen LogP contribution in [0.5, 0.6) is 0 Å². The van der Waals surface area contributed by atoms with Crippen LogP contribution in [0.4, 0.5) is 9.52 Å². The second-order valence-corrected chi connectivity index (χ2v) is 9.57. The largest absolute Gasteiger partial charge is 0.284 e. The Hall–Kier alpha value is -2.48. The highest BCUT2D eigenvalue weighted by molar-refractivity contribution is 7.99. The number of benzene rings is 2. The van der Waals surface area contributed by atoms with Crippen LogP contribution in [0, 0.1) is 12.7 Å². The Morgan fingerprint density at radius 3 is 2.77 bits per heavy atom. The fourth-order valence-electron chi connectivity index (χ4n) is 3.12. The number of hydrogen-bond acceptors (Lipinski definition) is 5. The van der Waals surface area contributed by atoms with Crippen LogP contribution in [0.25, 0.3) is 10.2 Å². The van der Waals surface area contributed by atoms with Gasteiger partial charge < -0.3 is 0 Å². The average molecular weight is 472 g/mol. The minimum absolute atomic E-state index is 0.0266. The van der Waals surface area contributed by atoms with Gasteiger partial charge in [-0.2, -0.15) is 0 Å². The molecule has 4 aromatic rings. The van der Waals surface area contributed by atoms with Gasteiger partial charge in [0.25, 0.3) is 0 Å². The van der Waals surface area contributed by atoms with Crippen molar-refractivity contribution in [3.05, 3.63) is 82.9 Å². The predicted octanol–water partition coefficient (Wildman–Crippen LogP) is 6.51. The lowest BCUT2D eigenvalue weighted by atomic mass is 10.2.